The molecule has 0 saturated heterocycles. The lowest BCUT2D eigenvalue weighted by atomic mass is 10.1. The Balaban J connectivity index is 2.55. The van der Waals surface area contributed by atoms with Crippen molar-refractivity contribution < 1.29 is 9.47 Å². The molecule has 2 rings (SSSR count). The minimum absolute atomic E-state index is 0.461. The van der Waals surface area contributed by atoms with E-state index in [1.807, 2.05) is 13.0 Å². The lowest BCUT2D eigenvalue weighted by molar-refractivity contribution is 0.296. The fourth-order valence-corrected chi connectivity index (χ4v) is 1.95. The first-order valence-corrected chi connectivity index (χ1v) is 5.39. The van der Waals surface area contributed by atoms with Gasteiger partial charge in [-0.3, -0.25) is 0 Å². The first-order chi connectivity index (χ1) is 7.24. The Morgan fingerprint density at radius 1 is 1.33 bits per heavy atom. The average molecular weight is 228 g/mol. The topological polar surface area (TPSA) is 44.5 Å². The molecule has 1 heterocycles. The van der Waals surface area contributed by atoms with Crippen molar-refractivity contribution in [2.24, 2.45) is 5.73 Å². The Kier molecular flexibility index (Phi) is 3.03. The normalized spacial score (nSPS) is 14.9. The van der Waals surface area contributed by atoms with Crippen LogP contribution in [0.5, 0.6) is 11.5 Å². The Morgan fingerprint density at radius 2 is 2.00 bits per heavy atom. The van der Waals surface area contributed by atoms with E-state index < -0.39 is 0 Å². The molecule has 0 atom stereocenters. The van der Waals surface area contributed by atoms with Gasteiger partial charge in [-0.1, -0.05) is 11.6 Å². The van der Waals surface area contributed by atoms with Gasteiger partial charge in [0, 0.05) is 13.0 Å². The molecular weight excluding hydrogens is 214 g/mol. The number of hydrogen-bond donors (Lipinski definition) is 1. The number of nitrogens with two attached hydrogens (primary N) is 1. The van der Waals surface area contributed by atoms with Crippen LogP contribution in [0.1, 0.15) is 17.5 Å². The molecule has 1 aromatic carbocycles. The first-order valence-electron chi connectivity index (χ1n) is 5.01. The number of benzene rings is 1. The van der Waals surface area contributed by atoms with Crippen molar-refractivity contribution in [3.63, 3.8) is 0 Å². The van der Waals surface area contributed by atoms with Gasteiger partial charge >= 0.3 is 0 Å². The summed E-state index contributed by atoms with van der Waals surface area (Å²) in [5, 5.41) is 0.581. The Labute approximate surface area is 94.1 Å². The zero-order valence-electron chi connectivity index (χ0n) is 8.68. The van der Waals surface area contributed by atoms with Crippen LogP contribution in [0.4, 0.5) is 0 Å². The molecule has 15 heavy (non-hydrogen) atoms. The third-order valence-electron chi connectivity index (χ3n) is 2.55. The van der Waals surface area contributed by atoms with Gasteiger partial charge in [-0.05, 0) is 24.1 Å². The predicted molar refractivity (Wildman–Crippen MR) is 59.7 cm³/mol. The summed E-state index contributed by atoms with van der Waals surface area (Å²) in [7, 11) is 0. The van der Waals surface area contributed by atoms with Crippen molar-refractivity contribution in [1.82, 2.24) is 0 Å². The molecule has 1 aliphatic rings. The fourth-order valence-electron chi connectivity index (χ4n) is 1.68. The molecule has 0 aromatic heterocycles. The van der Waals surface area contributed by atoms with E-state index in [0.29, 0.717) is 30.5 Å². The van der Waals surface area contributed by atoms with Crippen LogP contribution in [0.25, 0.3) is 0 Å². The molecule has 0 spiro atoms. The fraction of sp³-hybridized carbons (Fsp3) is 0.455. The summed E-state index contributed by atoms with van der Waals surface area (Å²) in [5.41, 5.74) is 7.67. The summed E-state index contributed by atoms with van der Waals surface area (Å²) in [6.07, 6.45) is 0.877. The van der Waals surface area contributed by atoms with Crippen molar-refractivity contribution in [1.29, 1.82) is 0 Å². The summed E-state index contributed by atoms with van der Waals surface area (Å²) in [5.74, 6) is 1.41. The van der Waals surface area contributed by atoms with E-state index in [2.05, 4.69) is 0 Å². The van der Waals surface area contributed by atoms with Gasteiger partial charge in [-0.2, -0.15) is 0 Å². The van der Waals surface area contributed by atoms with Gasteiger partial charge in [-0.25, -0.2) is 0 Å². The first kappa shape index (κ1) is 10.6. The molecule has 1 aromatic rings. The second-order valence-electron chi connectivity index (χ2n) is 3.56. The summed E-state index contributed by atoms with van der Waals surface area (Å²) in [6, 6.07) is 1.85. The highest BCUT2D eigenvalue weighted by Crippen LogP contribution is 2.41. The van der Waals surface area contributed by atoms with Crippen LogP contribution in [0.3, 0.4) is 0 Å². The minimum Gasteiger partial charge on any atom is -0.489 e. The number of hydrogen-bond acceptors (Lipinski definition) is 3. The number of fused-ring (bicyclic) bond motifs is 1. The molecule has 82 valence electrons. The Bertz CT molecular complexity index is 379. The van der Waals surface area contributed by atoms with Crippen LogP contribution in [0, 0.1) is 6.92 Å². The number of rotatable bonds is 1. The lowest BCUT2D eigenvalue weighted by Gasteiger charge is -2.14. The number of ether oxygens (including phenoxy) is 2. The van der Waals surface area contributed by atoms with Gasteiger partial charge in [0.15, 0.2) is 11.5 Å². The largest absolute Gasteiger partial charge is 0.489 e. The van der Waals surface area contributed by atoms with E-state index in [1.54, 1.807) is 0 Å². The highest BCUT2D eigenvalue weighted by atomic mass is 35.5. The van der Waals surface area contributed by atoms with Gasteiger partial charge in [0.05, 0.1) is 18.2 Å². The Morgan fingerprint density at radius 3 is 2.67 bits per heavy atom. The summed E-state index contributed by atoms with van der Waals surface area (Å²) >= 11 is 6.11. The van der Waals surface area contributed by atoms with E-state index in [4.69, 9.17) is 26.8 Å². The van der Waals surface area contributed by atoms with Gasteiger partial charge in [0.2, 0.25) is 0 Å². The quantitative estimate of drug-likeness (QED) is 0.801. The third-order valence-corrected chi connectivity index (χ3v) is 2.83. The molecule has 4 heteroatoms. The molecular formula is C11H14ClNO2. The maximum Gasteiger partial charge on any atom is 0.180 e. The van der Waals surface area contributed by atoms with Crippen LogP contribution < -0.4 is 15.2 Å². The second-order valence-corrected chi connectivity index (χ2v) is 3.96. The van der Waals surface area contributed by atoms with E-state index in [-0.39, 0.29) is 0 Å². The Hall–Kier alpha value is -0.930. The van der Waals surface area contributed by atoms with Gasteiger partial charge in [0.25, 0.3) is 0 Å². The predicted octanol–water partition coefficient (Wildman–Crippen LogP) is 2.27. The zero-order valence-corrected chi connectivity index (χ0v) is 9.43. The van der Waals surface area contributed by atoms with Gasteiger partial charge in [0.1, 0.15) is 0 Å². The SMILES string of the molecule is Cc1c(CN)cc(Cl)c2c1OCCCO2. The summed E-state index contributed by atoms with van der Waals surface area (Å²) in [4.78, 5) is 0. The van der Waals surface area contributed by atoms with Crippen molar-refractivity contribution >= 4 is 11.6 Å². The molecule has 0 unspecified atom stereocenters. The minimum atomic E-state index is 0.461. The second kappa shape index (κ2) is 4.29. The van der Waals surface area contributed by atoms with E-state index >= 15 is 0 Å². The highest BCUT2D eigenvalue weighted by Gasteiger charge is 2.18. The molecule has 0 aliphatic carbocycles. The van der Waals surface area contributed by atoms with Crippen LogP contribution in [-0.4, -0.2) is 13.2 Å². The van der Waals surface area contributed by atoms with Crippen LogP contribution in [0.2, 0.25) is 5.02 Å². The smallest absolute Gasteiger partial charge is 0.180 e. The molecule has 0 fully saturated rings. The van der Waals surface area contributed by atoms with E-state index in [1.165, 1.54) is 0 Å². The highest BCUT2D eigenvalue weighted by molar-refractivity contribution is 6.32. The summed E-state index contributed by atoms with van der Waals surface area (Å²) < 4.78 is 11.2. The monoisotopic (exact) mass is 227 g/mol. The third kappa shape index (κ3) is 1.90. The van der Waals surface area contributed by atoms with Crippen molar-refractivity contribution in [3.8, 4) is 11.5 Å². The molecule has 0 saturated carbocycles. The van der Waals surface area contributed by atoms with Crippen molar-refractivity contribution in [2.45, 2.75) is 19.9 Å². The van der Waals surface area contributed by atoms with Crippen molar-refractivity contribution in [3.05, 3.63) is 22.2 Å². The summed E-state index contributed by atoms with van der Waals surface area (Å²) in [6.45, 7) is 3.75. The number of halogens is 1. The lowest BCUT2D eigenvalue weighted by Crippen LogP contribution is -2.03. The maximum absolute atomic E-state index is 6.11. The van der Waals surface area contributed by atoms with Crippen LogP contribution in [0.15, 0.2) is 6.07 Å². The van der Waals surface area contributed by atoms with Crippen LogP contribution >= 0.6 is 11.6 Å². The zero-order chi connectivity index (χ0) is 10.8. The van der Waals surface area contributed by atoms with E-state index in [0.717, 1.165) is 23.3 Å². The molecule has 2 N–H and O–H groups in total. The van der Waals surface area contributed by atoms with Gasteiger partial charge < -0.3 is 15.2 Å². The average Bonchev–Trinajstić information content (AvgIpc) is 2.49. The molecule has 0 amide bonds. The standard InChI is InChI=1S/C11H14ClNO2/c1-7-8(6-13)5-9(12)11-10(7)14-3-2-4-15-11/h5H,2-4,6,13H2,1H3. The van der Waals surface area contributed by atoms with Crippen molar-refractivity contribution in [2.75, 3.05) is 13.2 Å². The molecule has 0 radical (unpaired) electrons. The molecule has 1 aliphatic heterocycles. The van der Waals surface area contributed by atoms with Crippen LogP contribution in [-0.2, 0) is 6.54 Å². The molecule has 3 nitrogen and oxygen atoms in total. The van der Waals surface area contributed by atoms with E-state index in [9.17, 15) is 0 Å². The van der Waals surface area contributed by atoms with Gasteiger partial charge in [-0.15, -0.1) is 0 Å². The molecule has 0 bridgehead atoms. The maximum atomic E-state index is 6.11.